The minimum Gasteiger partial charge on any atom is -0.497 e. The van der Waals surface area contributed by atoms with Crippen LogP contribution in [0.15, 0.2) is 18.2 Å². The van der Waals surface area contributed by atoms with E-state index in [1.165, 1.54) is 11.1 Å². The molecule has 2 atom stereocenters. The van der Waals surface area contributed by atoms with Gasteiger partial charge in [0.1, 0.15) is 5.75 Å². The van der Waals surface area contributed by atoms with Crippen molar-refractivity contribution < 1.29 is 14.6 Å². The second-order valence-corrected chi connectivity index (χ2v) is 4.75. The third-order valence-electron chi connectivity index (χ3n) is 3.77. The largest absolute Gasteiger partial charge is 0.497 e. The van der Waals surface area contributed by atoms with E-state index in [-0.39, 0.29) is 12.3 Å². The highest BCUT2D eigenvalue weighted by molar-refractivity contribution is 5.67. The molecule has 2 unspecified atom stereocenters. The molecule has 0 radical (unpaired) electrons. The van der Waals surface area contributed by atoms with Gasteiger partial charge in [0, 0.05) is 6.42 Å². The van der Waals surface area contributed by atoms with Crippen molar-refractivity contribution in [2.75, 3.05) is 7.11 Å². The molecule has 1 aromatic rings. The molecule has 0 heterocycles. The summed E-state index contributed by atoms with van der Waals surface area (Å²) in [6, 6.07) is 6.12. The zero-order valence-corrected chi connectivity index (χ0v) is 10.3. The number of carbonyl (C=O) groups is 1. The number of methoxy groups -OCH3 is 1. The number of benzene rings is 1. The fourth-order valence-corrected chi connectivity index (χ4v) is 2.70. The number of hydrogen-bond donors (Lipinski definition) is 1. The molecule has 0 aliphatic heterocycles. The van der Waals surface area contributed by atoms with E-state index in [4.69, 9.17) is 9.84 Å². The monoisotopic (exact) mass is 234 g/mol. The van der Waals surface area contributed by atoms with Gasteiger partial charge in [-0.1, -0.05) is 13.0 Å². The van der Waals surface area contributed by atoms with Gasteiger partial charge in [-0.2, -0.15) is 0 Å². The average Bonchev–Trinajstić information content (AvgIpc) is 2.32. The Balaban J connectivity index is 2.26. The second-order valence-electron chi connectivity index (χ2n) is 4.75. The van der Waals surface area contributed by atoms with Crippen LogP contribution in [0.2, 0.25) is 0 Å². The van der Waals surface area contributed by atoms with Gasteiger partial charge in [0.05, 0.1) is 7.11 Å². The molecular weight excluding hydrogens is 216 g/mol. The molecule has 92 valence electrons. The Bertz CT molecular complexity index is 425. The number of aliphatic carboxylic acids is 1. The number of rotatable bonds is 3. The maximum absolute atomic E-state index is 10.8. The molecule has 0 spiro atoms. The van der Waals surface area contributed by atoms with E-state index in [1.54, 1.807) is 7.11 Å². The van der Waals surface area contributed by atoms with Crippen molar-refractivity contribution in [3.63, 3.8) is 0 Å². The summed E-state index contributed by atoms with van der Waals surface area (Å²) < 4.78 is 5.23. The van der Waals surface area contributed by atoms with E-state index in [2.05, 4.69) is 13.0 Å². The Morgan fingerprint density at radius 2 is 2.29 bits per heavy atom. The minimum atomic E-state index is -0.701. The lowest BCUT2D eigenvalue weighted by Gasteiger charge is -2.30. The topological polar surface area (TPSA) is 46.5 Å². The summed E-state index contributed by atoms with van der Waals surface area (Å²) in [6.07, 6.45) is 2.20. The number of ether oxygens (including phenoxy) is 1. The summed E-state index contributed by atoms with van der Waals surface area (Å²) in [5.41, 5.74) is 2.58. The van der Waals surface area contributed by atoms with Crippen LogP contribution in [0.3, 0.4) is 0 Å². The molecule has 0 aromatic heterocycles. The van der Waals surface area contributed by atoms with E-state index in [1.807, 2.05) is 12.1 Å². The molecule has 17 heavy (non-hydrogen) atoms. The quantitative estimate of drug-likeness (QED) is 0.874. The first kappa shape index (κ1) is 12.0. The minimum absolute atomic E-state index is 0.243. The third kappa shape index (κ3) is 2.43. The second kappa shape index (κ2) is 4.78. The van der Waals surface area contributed by atoms with Gasteiger partial charge in [0.25, 0.3) is 0 Å². The van der Waals surface area contributed by atoms with E-state index in [9.17, 15) is 4.79 Å². The van der Waals surface area contributed by atoms with Crippen LogP contribution in [0.1, 0.15) is 36.8 Å². The van der Waals surface area contributed by atoms with Crippen molar-refractivity contribution in [3.8, 4) is 5.75 Å². The number of aryl methyl sites for hydroxylation is 1. The molecule has 0 saturated carbocycles. The van der Waals surface area contributed by atoms with Crippen molar-refractivity contribution in [2.24, 2.45) is 5.92 Å². The summed E-state index contributed by atoms with van der Waals surface area (Å²) in [7, 11) is 1.66. The first-order valence-electron chi connectivity index (χ1n) is 6.00. The van der Waals surface area contributed by atoms with Crippen LogP contribution in [0.25, 0.3) is 0 Å². The molecule has 1 aliphatic rings. The smallest absolute Gasteiger partial charge is 0.303 e. The maximum Gasteiger partial charge on any atom is 0.303 e. The molecule has 0 amide bonds. The molecule has 1 N–H and O–H groups in total. The fraction of sp³-hybridized carbons (Fsp3) is 0.500. The predicted octanol–water partition coefficient (Wildman–Crippen LogP) is 2.84. The van der Waals surface area contributed by atoms with Gasteiger partial charge in [0.15, 0.2) is 0 Å². The molecule has 0 saturated heterocycles. The SMILES string of the molecule is COc1ccc2c(c1)C(C)C(CC(=O)O)CC2. The molecule has 1 aliphatic carbocycles. The van der Waals surface area contributed by atoms with Crippen LogP contribution in [0.4, 0.5) is 0 Å². The Morgan fingerprint density at radius 3 is 2.94 bits per heavy atom. The van der Waals surface area contributed by atoms with E-state index in [0.29, 0.717) is 5.92 Å². The lowest BCUT2D eigenvalue weighted by atomic mass is 9.74. The van der Waals surface area contributed by atoms with Crippen LogP contribution in [-0.2, 0) is 11.2 Å². The molecule has 2 rings (SSSR count). The Hall–Kier alpha value is -1.51. The average molecular weight is 234 g/mol. The first-order valence-corrected chi connectivity index (χ1v) is 6.00. The number of carboxylic acid groups (broad SMARTS) is 1. The Labute approximate surface area is 101 Å². The third-order valence-corrected chi connectivity index (χ3v) is 3.77. The molecular formula is C14H18O3. The number of fused-ring (bicyclic) bond motifs is 1. The summed E-state index contributed by atoms with van der Waals surface area (Å²) in [4.78, 5) is 10.8. The number of carboxylic acids is 1. The van der Waals surface area contributed by atoms with Gasteiger partial charge in [-0.25, -0.2) is 0 Å². The Morgan fingerprint density at radius 1 is 1.53 bits per heavy atom. The zero-order chi connectivity index (χ0) is 12.4. The van der Waals surface area contributed by atoms with Crippen LogP contribution < -0.4 is 4.74 Å². The molecule has 0 fully saturated rings. The van der Waals surface area contributed by atoms with E-state index < -0.39 is 5.97 Å². The molecule has 3 nitrogen and oxygen atoms in total. The van der Waals surface area contributed by atoms with Crippen LogP contribution in [0, 0.1) is 5.92 Å². The summed E-state index contributed by atoms with van der Waals surface area (Å²) in [5.74, 6) is 0.692. The van der Waals surface area contributed by atoms with Crippen LogP contribution in [0.5, 0.6) is 5.75 Å². The van der Waals surface area contributed by atoms with Gasteiger partial charge in [0.2, 0.25) is 0 Å². The Kier molecular flexibility index (Phi) is 3.36. The standard InChI is InChI=1S/C14H18O3/c1-9-11(7-14(15)16)4-3-10-5-6-12(17-2)8-13(9)10/h5-6,8-9,11H,3-4,7H2,1-2H3,(H,15,16). The molecule has 3 heteroatoms. The van der Waals surface area contributed by atoms with Crippen molar-refractivity contribution in [2.45, 2.75) is 32.1 Å². The highest BCUT2D eigenvalue weighted by Gasteiger charge is 2.28. The fourth-order valence-electron chi connectivity index (χ4n) is 2.70. The van der Waals surface area contributed by atoms with Gasteiger partial charge >= 0.3 is 5.97 Å². The van der Waals surface area contributed by atoms with Gasteiger partial charge in [-0.05, 0) is 47.9 Å². The normalized spacial score (nSPS) is 22.9. The summed E-state index contributed by atoms with van der Waals surface area (Å²) >= 11 is 0. The van der Waals surface area contributed by atoms with Crippen molar-refractivity contribution in [1.29, 1.82) is 0 Å². The predicted molar refractivity (Wildman–Crippen MR) is 65.5 cm³/mol. The lowest BCUT2D eigenvalue weighted by molar-refractivity contribution is -0.138. The maximum atomic E-state index is 10.8. The highest BCUT2D eigenvalue weighted by Crippen LogP contribution is 2.39. The van der Waals surface area contributed by atoms with Crippen molar-refractivity contribution in [3.05, 3.63) is 29.3 Å². The summed E-state index contributed by atoms with van der Waals surface area (Å²) in [6.45, 7) is 2.12. The number of hydrogen-bond acceptors (Lipinski definition) is 2. The van der Waals surface area contributed by atoms with Gasteiger partial charge in [-0.3, -0.25) is 4.79 Å². The van der Waals surface area contributed by atoms with E-state index in [0.717, 1.165) is 18.6 Å². The van der Waals surface area contributed by atoms with Crippen LogP contribution >= 0.6 is 0 Å². The first-order chi connectivity index (χ1) is 8.11. The molecule has 0 bridgehead atoms. The van der Waals surface area contributed by atoms with Crippen LogP contribution in [-0.4, -0.2) is 18.2 Å². The zero-order valence-electron chi connectivity index (χ0n) is 10.3. The highest BCUT2D eigenvalue weighted by atomic mass is 16.5. The summed E-state index contributed by atoms with van der Waals surface area (Å²) in [5, 5.41) is 8.91. The van der Waals surface area contributed by atoms with Gasteiger partial charge in [-0.15, -0.1) is 0 Å². The van der Waals surface area contributed by atoms with E-state index >= 15 is 0 Å². The van der Waals surface area contributed by atoms with Gasteiger partial charge < -0.3 is 9.84 Å². The lowest BCUT2D eigenvalue weighted by Crippen LogP contribution is -2.21. The van der Waals surface area contributed by atoms with Crippen molar-refractivity contribution in [1.82, 2.24) is 0 Å². The molecule has 1 aromatic carbocycles. The van der Waals surface area contributed by atoms with Crippen molar-refractivity contribution >= 4 is 5.97 Å².